The first-order valence-electron chi connectivity index (χ1n) is 12.5. The number of hydrogen-bond acceptors (Lipinski definition) is 4. The number of anilines is 1. The second-order valence-electron chi connectivity index (χ2n) is 10.0. The Bertz CT molecular complexity index is 1670. The van der Waals surface area contributed by atoms with Crippen LogP contribution in [0.1, 0.15) is 38.5 Å². The minimum atomic E-state index is -1.47. The summed E-state index contributed by atoms with van der Waals surface area (Å²) in [7, 11) is 0. The molecule has 1 saturated heterocycles. The van der Waals surface area contributed by atoms with Crippen molar-refractivity contribution in [1.82, 2.24) is 0 Å². The fourth-order valence-electron chi connectivity index (χ4n) is 6.35. The lowest BCUT2D eigenvalue weighted by Crippen LogP contribution is -2.44. The van der Waals surface area contributed by atoms with Crippen LogP contribution in [0.2, 0.25) is 0 Å². The number of fused-ring (bicyclic) bond motifs is 4. The van der Waals surface area contributed by atoms with Crippen molar-refractivity contribution in [3.8, 4) is 12.1 Å². The van der Waals surface area contributed by atoms with Crippen molar-refractivity contribution < 1.29 is 4.79 Å². The summed E-state index contributed by atoms with van der Waals surface area (Å²) in [5, 5.41) is 23.4. The van der Waals surface area contributed by atoms with Crippen molar-refractivity contribution in [2.24, 2.45) is 5.41 Å². The van der Waals surface area contributed by atoms with Crippen molar-refractivity contribution in [3.05, 3.63) is 119 Å². The highest BCUT2D eigenvalue weighted by atomic mass is 16.1. The summed E-state index contributed by atoms with van der Waals surface area (Å²) in [6.45, 7) is 3.96. The molecule has 6 rings (SSSR count). The molecule has 4 heteroatoms. The second-order valence-corrected chi connectivity index (χ2v) is 10.0. The highest BCUT2D eigenvalue weighted by molar-refractivity contribution is 6.06. The lowest BCUT2D eigenvalue weighted by Gasteiger charge is -2.35. The van der Waals surface area contributed by atoms with Gasteiger partial charge in [-0.2, -0.15) is 10.5 Å². The largest absolute Gasteiger partial charge is 0.351 e. The van der Waals surface area contributed by atoms with Crippen LogP contribution < -0.4 is 4.90 Å². The Balaban J connectivity index is 1.68. The number of carbonyl (C=O) groups is 1. The van der Waals surface area contributed by atoms with Crippen LogP contribution in [0.5, 0.6) is 0 Å². The third-order valence-electron chi connectivity index (χ3n) is 7.99. The molecule has 2 heterocycles. The van der Waals surface area contributed by atoms with E-state index in [-0.39, 0.29) is 5.78 Å². The first-order chi connectivity index (χ1) is 18.0. The fraction of sp³-hybridized carbons (Fsp3) is 0.182. The molecule has 1 fully saturated rings. The SMILES string of the molecule is Cc1ccc(C(=O)[C@@H]2[C@H](c3cccc4ccccc34)C(C#N)(C#N)[C@@H]3C=Cc4ccccc4N23)c(C)c1. The number of para-hydroxylation sites is 1. The molecule has 37 heavy (non-hydrogen) atoms. The number of benzene rings is 4. The maximum atomic E-state index is 14.6. The Hall–Kier alpha value is -4.67. The van der Waals surface area contributed by atoms with E-state index >= 15 is 0 Å². The van der Waals surface area contributed by atoms with E-state index in [1.165, 1.54) is 0 Å². The van der Waals surface area contributed by atoms with Crippen LogP contribution in [0.25, 0.3) is 16.8 Å². The summed E-state index contributed by atoms with van der Waals surface area (Å²) >= 11 is 0. The Labute approximate surface area is 216 Å². The fourth-order valence-corrected chi connectivity index (χ4v) is 6.35. The van der Waals surface area contributed by atoms with E-state index in [4.69, 9.17) is 0 Å². The Kier molecular flexibility index (Phi) is 5.21. The number of nitriles is 2. The van der Waals surface area contributed by atoms with Gasteiger partial charge in [0, 0.05) is 17.2 Å². The van der Waals surface area contributed by atoms with Gasteiger partial charge in [-0.3, -0.25) is 4.79 Å². The van der Waals surface area contributed by atoms with Gasteiger partial charge in [0.15, 0.2) is 11.2 Å². The van der Waals surface area contributed by atoms with Gasteiger partial charge in [0.05, 0.1) is 18.2 Å². The summed E-state index contributed by atoms with van der Waals surface area (Å²) in [4.78, 5) is 16.6. The summed E-state index contributed by atoms with van der Waals surface area (Å²) in [6, 6.07) is 31.2. The number of nitrogens with zero attached hydrogens (tertiary/aromatic N) is 3. The second kappa shape index (κ2) is 8.47. The molecule has 0 aliphatic carbocycles. The van der Waals surface area contributed by atoms with Gasteiger partial charge in [0.2, 0.25) is 0 Å². The Morgan fingerprint density at radius 2 is 1.62 bits per heavy atom. The molecule has 0 saturated carbocycles. The van der Waals surface area contributed by atoms with Crippen LogP contribution >= 0.6 is 0 Å². The molecule has 4 nitrogen and oxygen atoms in total. The molecule has 4 aromatic carbocycles. The first kappa shape index (κ1) is 22.8. The number of rotatable bonds is 3. The monoisotopic (exact) mass is 479 g/mol. The normalized spacial score (nSPS) is 21.1. The molecule has 3 atom stereocenters. The molecule has 0 amide bonds. The van der Waals surface area contributed by atoms with Crippen molar-refractivity contribution in [2.45, 2.75) is 31.8 Å². The van der Waals surface area contributed by atoms with Crippen molar-refractivity contribution in [3.63, 3.8) is 0 Å². The first-order valence-corrected chi connectivity index (χ1v) is 12.5. The average Bonchev–Trinajstić information content (AvgIpc) is 3.23. The third kappa shape index (κ3) is 3.23. The minimum absolute atomic E-state index is 0.0714. The summed E-state index contributed by atoms with van der Waals surface area (Å²) in [6.07, 6.45) is 3.91. The molecule has 0 unspecified atom stereocenters. The van der Waals surface area contributed by atoms with E-state index in [1.54, 1.807) is 0 Å². The Morgan fingerprint density at radius 1 is 0.892 bits per heavy atom. The number of ketones is 1. The van der Waals surface area contributed by atoms with Crippen LogP contribution in [0.4, 0.5) is 5.69 Å². The Morgan fingerprint density at radius 3 is 2.41 bits per heavy atom. The summed E-state index contributed by atoms with van der Waals surface area (Å²) in [5.74, 6) is -0.736. The topological polar surface area (TPSA) is 67.9 Å². The molecule has 0 aromatic heterocycles. The number of carbonyl (C=O) groups excluding carboxylic acids is 1. The van der Waals surface area contributed by atoms with Crippen LogP contribution in [-0.4, -0.2) is 17.9 Å². The molecule has 2 aliphatic heterocycles. The molecular formula is C33H25N3O. The van der Waals surface area contributed by atoms with Gasteiger partial charge in [-0.15, -0.1) is 0 Å². The van der Waals surface area contributed by atoms with E-state index in [0.29, 0.717) is 5.56 Å². The van der Waals surface area contributed by atoms with E-state index < -0.39 is 23.4 Å². The predicted molar refractivity (Wildman–Crippen MR) is 146 cm³/mol. The standard InChI is InChI=1S/C33H25N3O/c1-21-14-16-25(22(2)18-21)32(37)31-30(27-12-7-10-23-8-3-5-11-26(23)27)33(19-34,20-35)29-17-15-24-9-4-6-13-28(24)36(29)31/h3-18,29-31H,1-2H3/t29-,30-,31-/m0/s1. The van der Waals surface area contributed by atoms with Crippen LogP contribution in [0.3, 0.4) is 0 Å². The van der Waals surface area contributed by atoms with E-state index in [9.17, 15) is 15.3 Å². The van der Waals surface area contributed by atoms with Crippen molar-refractivity contribution >= 4 is 28.3 Å². The molecule has 0 spiro atoms. The predicted octanol–water partition coefficient (Wildman–Crippen LogP) is 6.74. The van der Waals surface area contributed by atoms with Gasteiger partial charge in [-0.25, -0.2) is 0 Å². The number of hydrogen-bond donors (Lipinski definition) is 0. The van der Waals surface area contributed by atoms with Crippen molar-refractivity contribution in [1.29, 1.82) is 10.5 Å². The van der Waals surface area contributed by atoms with Crippen LogP contribution in [-0.2, 0) is 0 Å². The van der Waals surface area contributed by atoms with Crippen LogP contribution in [0.15, 0.2) is 91.0 Å². The number of Topliss-reactive ketones (excluding diaryl/α,β-unsaturated/α-hetero) is 1. The quantitative estimate of drug-likeness (QED) is 0.305. The minimum Gasteiger partial charge on any atom is -0.351 e. The van der Waals surface area contributed by atoms with E-state index in [2.05, 4.69) is 12.1 Å². The van der Waals surface area contributed by atoms with E-state index in [1.807, 2.05) is 116 Å². The smallest absolute Gasteiger partial charge is 0.186 e. The summed E-state index contributed by atoms with van der Waals surface area (Å²) < 4.78 is 0. The molecule has 2 aliphatic rings. The average molecular weight is 480 g/mol. The van der Waals surface area contributed by atoms with Gasteiger partial charge >= 0.3 is 0 Å². The van der Waals surface area contributed by atoms with E-state index in [0.717, 1.165) is 38.7 Å². The maximum absolute atomic E-state index is 14.6. The molecule has 0 radical (unpaired) electrons. The van der Waals surface area contributed by atoms with Gasteiger partial charge in [0.1, 0.15) is 6.04 Å². The lowest BCUT2D eigenvalue weighted by molar-refractivity contribution is 0.0950. The zero-order valence-electron chi connectivity index (χ0n) is 20.7. The van der Waals surface area contributed by atoms with Crippen LogP contribution in [0, 0.1) is 41.9 Å². The highest BCUT2D eigenvalue weighted by Gasteiger charge is 2.63. The van der Waals surface area contributed by atoms with Gasteiger partial charge < -0.3 is 4.90 Å². The molecule has 178 valence electrons. The molecule has 0 N–H and O–H groups in total. The highest BCUT2D eigenvalue weighted by Crippen LogP contribution is 2.56. The lowest BCUT2D eigenvalue weighted by atomic mass is 9.68. The zero-order valence-corrected chi connectivity index (χ0v) is 20.7. The van der Waals surface area contributed by atoms with Gasteiger partial charge in [0.25, 0.3) is 0 Å². The van der Waals surface area contributed by atoms with Gasteiger partial charge in [-0.05, 0) is 47.4 Å². The maximum Gasteiger partial charge on any atom is 0.186 e. The summed E-state index contributed by atoms with van der Waals surface area (Å²) in [5.41, 5.74) is 3.83. The zero-order chi connectivity index (χ0) is 25.7. The van der Waals surface area contributed by atoms with Crippen molar-refractivity contribution in [2.75, 3.05) is 4.90 Å². The molecular weight excluding hydrogens is 454 g/mol. The van der Waals surface area contributed by atoms with Gasteiger partial charge in [-0.1, -0.05) is 96.6 Å². The number of aryl methyl sites for hydroxylation is 2. The third-order valence-corrected chi connectivity index (χ3v) is 7.99. The molecule has 4 aromatic rings. The molecule has 0 bridgehead atoms.